The second kappa shape index (κ2) is 9.04. The Bertz CT molecular complexity index is 1200. The molecule has 4 heterocycles. The summed E-state index contributed by atoms with van der Waals surface area (Å²) in [4.78, 5) is 34.2. The van der Waals surface area contributed by atoms with Crippen molar-refractivity contribution in [2.45, 2.75) is 50.5 Å². The number of pyridine rings is 1. The van der Waals surface area contributed by atoms with E-state index in [2.05, 4.69) is 23.3 Å². The minimum Gasteiger partial charge on any atom is -0.397 e. The fourth-order valence-electron chi connectivity index (χ4n) is 5.35. The number of hydrogen-bond acceptors (Lipinski definition) is 7. The standard InChI is InChI=1S/C24H29N5O2S2/c1-29-10-2-4-14(29)8-9-27-17(30)12-13-6-7-15-18(16-5-3-11-32-16)19-20(25)22(23(26)31)33-24(19)28-21(13)15/h3,5,11,13-14H,2,4,6-10,12,25H2,1H3,(H2,26,31)(H,27,30). The number of fused-ring (bicyclic) bond motifs is 2. The first kappa shape index (κ1) is 22.3. The molecule has 0 bridgehead atoms. The van der Waals surface area contributed by atoms with Crippen LogP contribution in [0.4, 0.5) is 5.69 Å². The molecule has 2 atom stereocenters. The molecule has 9 heteroatoms. The number of anilines is 1. The van der Waals surface area contributed by atoms with Gasteiger partial charge in [0, 0.05) is 46.4 Å². The average molecular weight is 484 g/mol. The third-order valence-corrected chi connectivity index (χ3v) is 9.03. The SMILES string of the molecule is CN1CCCC1CCNC(=O)CC1CCc2c1nc1sc(C(N)=O)c(N)c1c2-c1cccs1. The molecule has 0 spiro atoms. The highest BCUT2D eigenvalue weighted by molar-refractivity contribution is 7.21. The summed E-state index contributed by atoms with van der Waals surface area (Å²) in [6.07, 6.45) is 5.61. The van der Waals surface area contributed by atoms with Crippen LogP contribution in [0.3, 0.4) is 0 Å². The minimum atomic E-state index is -0.531. The molecule has 1 saturated heterocycles. The lowest BCUT2D eigenvalue weighted by molar-refractivity contribution is -0.121. The number of aromatic nitrogens is 1. The Hall–Kier alpha value is -2.49. The zero-order valence-electron chi connectivity index (χ0n) is 18.7. The highest BCUT2D eigenvalue weighted by atomic mass is 32.1. The molecule has 1 fully saturated rings. The number of nitrogens with two attached hydrogens (primary N) is 2. The third kappa shape index (κ3) is 4.13. The maximum absolute atomic E-state index is 12.8. The number of nitrogens with one attached hydrogen (secondary N) is 1. The monoisotopic (exact) mass is 483 g/mol. The number of carbonyl (C=O) groups is 2. The molecule has 0 saturated carbocycles. The van der Waals surface area contributed by atoms with Crippen molar-refractivity contribution in [3.05, 3.63) is 33.6 Å². The summed E-state index contributed by atoms with van der Waals surface area (Å²) in [6.45, 7) is 1.86. The van der Waals surface area contributed by atoms with Crippen molar-refractivity contribution in [2.24, 2.45) is 5.73 Å². The zero-order valence-corrected chi connectivity index (χ0v) is 20.4. The van der Waals surface area contributed by atoms with Gasteiger partial charge in [0.15, 0.2) is 0 Å². The Kier molecular flexibility index (Phi) is 6.11. The molecule has 2 amide bonds. The maximum atomic E-state index is 12.8. The maximum Gasteiger partial charge on any atom is 0.260 e. The molecule has 33 heavy (non-hydrogen) atoms. The van der Waals surface area contributed by atoms with Crippen LogP contribution >= 0.6 is 22.7 Å². The molecule has 5 N–H and O–H groups in total. The summed E-state index contributed by atoms with van der Waals surface area (Å²) in [5.41, 5.74) is 15.5. The van der Waals surface area contributed by atoms with Gasteiger partial charge in [0.05, 0.1) is 5.69 Å². The molecule has 2 aliphatic rings. The van der Waals surface area contributed by atoms with E-state index in [-0.39, 0.29) is 11.8 Å². The van der Waals surface area contributed by atoms with Crippen molar-refractivity contribution in [2.75, 3.05) is 25.9 Å². The molecule has 7 nitrogen and oxygen atoms in total. The number of carbonyl (C=O) groups excluding carboxylic acids is 2. The number of nitrogen functional groups attached to an aromatic ring is 1. The van der Waals surface area contributed by atoms with E-state index >= 15 is 0 Å². The number of rotatable bonds is 7. The van der Waals surface area contributed by atoms with Crippen molar-refractivity contribution in [3.8, 4) is 10.4 Å². The second-order valence-electron chi connectivity index (χ2n) is 9.07. The Morgan fingerprint density at radius 1 is 1.33 bits per heavy atom. The predicted molar refractivity (Wildman–Crippen MR) is 135 cm³/mol. The Morgan fingerprint density at radius 3 is 2.88 bits per heavy atom. The van der Waals surface area contributed by atoms with Crippen LogP contribution in [-0.2, 0) is 11.2 Å². The van der Waals surface area contributed by atoms with Gasteiger partial charge in [-0.3, -0.25) is 9.59 Å². The van der Waals surface area contributed by atoms with Crippen LogP contribution in [0.5, 0.6) is 0 Å². The van der Waals surface area contributed by atoms with Crippen LogP contribution in [0.1, 0.15) is 59.0 Å². The number of nitrogens with zero attached hydrogens (tertiary/aromatic N) is 2. The third-order valence-electron chi connectivity index (χ3n) is 7.03. The van der Waals surface area contributed by atoms with E-state index in [9.17, 15) is 9.59 Å². The van der Waals surface area contributed by atoms with E-state index in [1.807, 2.05) is 11.4 Å². The number of likely N-dealkylation sites (tertiary alicyclic amines) is 1. The first-order valence-corrected chi connectivity index (χ1v) is 13.2. The summed E-state index contributed by atoms with van der Waals surface area (Å²) in [5.74, 6) is -0.383. The molecule has 174 valence electrons. The fourth-order valence-corrected chi connectivity index (χ4v) is 7.11. The van der Waals surface area contributed by atoms with Crippen LogP contribution in [0.15, 0.2) is 17.5 Å². The van der Waals surface area contributed by atoms with Gasteiger partial charge in [-0.15, -0.1) is 22.7 Å². The molecular weight excluding hydrogens is 454 g/mol. The molecule has 3 aromatic heterocycles. The molecule has 5 rings (SSSR count). The summed E-state index contributed by atoms with van der Waals surface area (Å²) in [6, 6.07) is 4.66. The van der Waals surface area contributed by atoms with Crippen LogP contribution in [0.25, 0.3) is 20.7 Å². The lowest BCUT2D eigenvalue weighted by Crippen LogP contribution is -2.32. The minimum absolute atomic E-state index is 0.0672. The summed E-state index contributed by atoms with van der Waals surface area (Å²) >= 11 is 2.89. The summed E-state index contributed by atoms with van der Waals surface area (Å²) in [5, 5.41) is 5.98. The number of primary amides is 1. The fraction of sp³-hybridized carbons (Fsp3) is 0.458. The number of thiophene rings is 2. The number of amides is 2. The topological polar surface area (TPSA) is 114 Å². The van der Waals surface area contributed by atoms with E-state index in [0.29, 0.717) is 29.6 Å². The molecule has 1 aliphatic carbocycles. The van der Waals surface area contributed by atoms with E-state index in [1.165, 1.54) is 24.2 Å². The molecule has 1 aliphatic heterocycles. The molecule has 0 aromatic carbocycles. The molecular formula is C24H29N5O2S2. The quantitative estimate of drug-likeness (QED) is 0.474. The van der Waals surface area contributed by atoms with Crippen molar-refractivity contribution in [1.82, 2.24) is 15.2 Å². The van der Waals surface area contributed by atoms with E-state index in [1.54, 1.807) is 11.3 Å². The van der Waals surface area contributed by atoms with Crippen LogP contribution < -0.4 is 16.8 Å². The lowest BCUT2D eigenvalue weighted by Gasteiger charge is -2.19. The van der Waals surface area contributed by atoms with Crippen molar-refractivity contribution >= 4 is 50.4 Å². The predicted octanol–water partition coefficient (Wildman–Crippen LogP) is 3.73. The van der Waals surface area contributed by atoms with Gasteiger partial charge >= 0.3 is 0 Å². The van der Waals surface area contributed by atoms with Crippen LogP contribution in [0.2, 0.25) is 0 Å². The van der Waals surface area contributed by atoms with Gasteiger partial charge in [-0.2, -0.15) is 0 Å². The van der Waals surface area contributed by atoms with Gasteiger partial charge in [-0.25, -0.2) is 4.98 Å². The highest BCUT2D eigenvalue weighted by Gasteiger charge is 2.32. The number of hydrogen-bond donors (Lipinski definition) is 3. The first-order chi connectivity index (χ1) is 15.9. The van der Waals surface area contributed by atoms with Gasteiger partial charge in [-0.05, 0) is 62.7 Å². The van der Waals surface area contributed by atoms with Gasteiger partial charge < -0.3 is 21.7 Å². The molecule has 2 unspecified atom stereocenters. The zero-order chi connectivity index (χ0) is 23.1. The van der Waals surface area contributed by atoms with E-state index < -0.39 is 5.91 Å². The van der Waals surface area contributed by atoms with Crippen LogP contribution in [-0.4, -0.2) is 47.9 Å². The van der Waals surface area contributed by atoms with Crippen molar-refractivity contribution in [3.63, 3.8) is 0 Å². The van der Waals surface area contributed by atoms with Gasteiger partial charge in [0.1, 0.15) is 9.71 Å². The molecule has 3 aromatic rings. The van der Waals surface area contributed by atoms with Crippen LogP contribution in [0, 0.1) is 0 Å². The van der Waals surface area contributed by atoms with E-state index in [0.717, 1.165) is 57.7 Å². The van der Waals surface area contributed by atoms with Gasteiger partial charge in [0.25, 0.3) is 5.91 Å². The lowest BCUT2D eigenvalue weighted by atomic mass is 9.98. The normalized spacial score (nSPS) is 20.4. The largest absolute Gasteiger partial charge is 0.397 e. The van der Waals surface area contributed by atoms with Crippen molar-refractivity contribution < 1.29 is 9.59 Å². The van der Waals surface area contributed by atoms with Gasteiger partial charge in [0.2, 0.25) is 5.91 Å². The Morgan fingerprint density at radius 2 is 2.18 bits per heavy atom. The smallest absolute Gasteiger partial charge is 0.260 e. The first-order valence-electron chi connectivity index (χ1n) is 11.5. The highest BCUT2D eigenvalue weighted by Crippen LogP contribution is 2.48. The average Bonchev–Trinajstić information content (AvgIpc) is 3.56. The van der Waals surface area contributed by atoms with Gasteiger partial charge in [-0.1, -0.05) is 6.07 Å². The summed E-state index contributed by atoms with van der Waals surface area (Å²) < 4.78 is 0. The van der Waals surface area contributed by atoms with E-state index in [4.69, 9.17) is 16.5 Å². The molecule has 0 radical (unpaired) electrons. The van der Waals surface area contributed by atoms with Crippen molar-refractivity contribution in [1.29, 1.82) is 0 Å². The Labute approximate surface area is 201 Å². The summed E-state index contributed by atoms with van der Waals surface area (Å²) in [7, 11) is 2.16. The second-order valence-corrected chi connectivity index (χ2v) is 11.0. The Balaban J connectivity index is 1.40.